The van der Waals surface area contributed by atoms with Crippen LogP contribution in [0.4, 0.5) is 0 Å². The summed E-state index contributed by atoms with van der Waals surface area (Å²) < 4.78 is 5.92. The summed E-state index contributed by atoms with van der Waals surface area (Å²) >= 11 is 0. The van der Waals surface area contributed by atoms with Gasteiger partial charge in [0.1, 0.15) is 5.75 Å². The Labute approximate surface area is 149 Å². The van der Waals surface area contributed by atoms with E-state index in [0.29, 0.717) is 13.0 Å². The quantitative estimate of drug-likeness (QED) is 0.625. The molecular formula is C21H26O4. The van der Waals surface area contributed by atoms with Gasteiger partial charge in [-0.05, 0) is 48.4 Å². The van der Waals surface area contributed by atoms with Crippen molar-refractivity contribution in [3.63, 3.8) is 0 Å². The molecular weight excluding hydrogens is 316 g/mol. The highest BCUT2D eigenvalue weighted by Gasteiger charge is 2.13. The number of carbonyl (C=O) groups is 1. The van der Waals surface area contributed by atoms with Crippen molar-refractivity contribution in [1.29, 1.82) is 0 Å². The molecule has 2 N–H and O–H groups in total. The van der Waals surface area contributed by atoms with E-state index in [2.05, 4.69) is 13.0 Å². The predicted octanol–water partition coefficient (Wildman–Crippen LogP) is 4.47. The first-order valence-corrected chi connectivity index (χ1v) is 8.76. The van der Waals surface area contributed by atoms with Crippen molar-refractivity contribution in [2.24, 2.45) is 0 Å². The fourth-order valence-corrected chi connectivity index (χ4v) is 2.73. The third-order valence-electron chi connectivity index (χ3n) is 4.26. The van der Waals surface area contributed by atoms with Crippen molar-refractivity contribution in [3.05, 3.63) is 54.1 Å². The van der Waals surface area contributed by atoms with Crippen LogP contribution in [0, 0.1) is 0 Å². The van der Waals surface area contributed by atoms with Gasteiger partial charge in [-0.2, -0.15) is 0 Å². The van der Waals surface area contributed by atoms with Gasteiger partial charge in [0.05, 0.1) is 6.61 Å². The minimum atomic E-state index is -0.765. The third-order valence-corrected chi connectivity index (χ3v) is 4.26. The molecule has 1 unspecified atom stereocenters. The Morgan fingerprint density at radius 1 is 1.12 bits per heavy atom. The molecule has 0 radical (unpaired) electrons. The van der Waals surface area contributed by atoms with Crippen molar-refractivity contribution in [1.82, 2.24) is 0 Å². The molecule has 0 saturated heterocycles. The smallest absolute Gasteiger partial charge is 0.303 e. The van der Waals surface area contributed by atoms with Crippen LogP contribution in [0.2, 0.25) is 0 Å². The molecule has 0 aromatic heterocycles. The predicted molar refractivity (Wildman–Crippen MR) is 99.0 cm³/mol. The second-order valence-corrected chi connectivity index (χ2v) is 6.23. The first-order valence-electron chi connectivity index (χ1n) is 8.76. The van der Waals surface area contributed by atoms with Crippen molar-refractivity contribution < 1.29 is 19.7 Å². The molecule has 0 spiro atoms. The van der Waals surface area contributed by atoms with Gasteiger partial charge in [0, 0.05) is 18.6 Å². The van der Waals surface area contributed by atoms with Gasteiger partial charge in [-0.25, -0.2) is 0 Å². The summed E-state index contributed by atoms with van der Waals surface area (Å²) in [4.78, 5) is 10.8. The van der Waals surface area contributed by atoms with Crippen LogP contribution in [-0.2, 0) is 4.79 Å². The molecule has 0 aliphatic rings. The lowest BCUT2D eigenvalue weighted by Gasteiger charge is -2.16. The summed E-state index contributed by atoms with van der Waals surface area (Å²) in [6.45, 7) is 2.79. The number of hydrogen-bond acceptors (Lipinski definition) is 3. The average molecular weight is 342 g/mol. The minimum absolute atomic E-state index is 0.168. The van der Waals surface area contributed by atoms with Crippen molar-refractivity contribution in [3.8, 4) is 16.9 Å². The van der Waals surface area contributed by atoms with E-state index >= 15 is 0 Å². The SMILES string of the molecule is CC(CCC(=O)O)c1ccc(OCCCCO)c(-c2ccccc2)c1. The summed E-state index contributed by atoms with van der Waals surface area (Å²) in [5.41, 5.74) is 3.21. The van der Waals surface area contributed by atoms with E-state index in [-0.39, 0.29) is 18.9 Å². The number of hydrogen-bond donors (Lipinski definition) is 2. The van der Waals surface area contributed by atoms with Crippen molar-refractivity contribution in [2.75, 3.05) is 13.2 Å². The zero-order chi connectivity index (χ0) is 18.1. The van der Waals surface area contributed by atoms with Gasteiger partial charge in [0.25, 0.3) is 0 Å². The van der Waals surface area contributed by atoms with Crippen LogP contribution in [0.3, 0.4) is 0 Å². The molecule has 2 aromatic carbocycles. The van der Waals surface area contributed by atoms with Crippen LogP contribution in [0.15, 0.2) is 48.5 Å². The van der Waals surface area contributed by atoms with Gasteiger partial charge >= 0.3 is 5.97 Å². The highest BCUT2D eigenvalue weighted by Crippen LogP contribution is 2.34. The number of aliphatic hydroxyl groups excluding tert-OH is 1. The highest BCUT2D eigenvalue weighted by molar-refractivity contribution is 5.71. The van der Waals surface area contributed by atoms with Crippen LogP contribution >= 0.6 is 0 Å². The zero-order valence-electron chi connectivity index (χ0n) is 14.6. The Morgan fingerprint density at radius 2 is 1.88 bits per heavy atom. The Morgan fingerprint density at radius 3 is 2.56 bits per heavy atom. The third kappa shape index (κ3) is 5.91. The van der Waals surface area contributed by atoms with E-state index in [9.17, 15) is 4.79 Å². The summed E-state index contributed by atoms with van der Waals surface area (Å²) in [5.74, 6) is 0.222. The van der Waals surface area contributed by atoms with E-state index in [1.807, 2.05) is 42.5 Å². The maximum absolute atomic E-state index is 10.8. The zero-order valence-corrected chi connectivity index (χ0v) is 14.6. The Hall–Kier alpha value is -2.33. The van der Waals surface area contributed by atoms with Crippen LogP contribution in [0.5, 0.6) is 5.75 Å². The summed E-state index contributed by atoms with van der Waals surface area (Å²) in [6.07, 6.45) is 2.31. The number of benzene rings is 2. The molecule has 2 rings (SSSR count). The van der Waals surface area contributed by atoms with Gasteiger partial charge in [0.2, 0.25) is 0 Å². The number of aliphatic hydroxyl groups is 1. The topological polar surface area (TPSA) is 66.8 Å². The monoisotopic (exact) mass is 342 g/mol. The van der Waals surface area contributed by atoms with Gasteiger partial charge in [-0.1, -0.05) is 43.3 Å². The Kier molecular flexibility index (Phi) is 7.48. The van der Waals surface area contributed by atoms with Crippen LogP contribution < -0.4 is 4.74 Å². The number of rotatable bonds is 10. The molecule has 0 fully saturated rings. The fourth-order valence-electron chi connectivity index (χ4n) is 2.73. The lowest BCUT2D eigenvalue weighted by atomic mass is 9.92. The van der Waals surface area contributed by atoms with Gasteiger partial charge in [0.15, 0.2) is 0 Å². The first-order chi connectivity index (χ1) is 12.1. The normalized spacial score (nSPS) is 11.9. The summed E-state index contributed by atoms with van der Waals surface area (Å²) in [5, 5.41) is 17.8. The standard InChI is InChI=1S/C21H26O4/c1-16(9-12-21(23)24)18-10-11-20(25-14-6-5-13-22)19(15-18)17-7-3-2-4-8-17/h2-4,7-8,10-11,15-16,22H,5-6,9,12-14H2,1H3,(H,23,24). The number of carboxylic acid groups (broad SMARTS) is 1. The second kappa shape index (κ2) is 9.84. The molecule has 0 aliphatic heterocycles. The average Bonchev–Trinajstić information content (AvgIpc) is 2.64. The lowest BCUT2D eigenvalue weighted by Crippen LogP contribution is -2.03. The molecule has 0 aliphatic carbocycles. The molecule has 1 atom stereocenters. The van der Waals surface area contributed by atoms with E-state index in [1.54, 1.807) is 0 Å². The second-order valence-electron chi connectivity index (χ2n) is 6.23. The molecule has 0 amide bonds. The Balaban J connectivity index is 2.23. The number of aliphatic carboxylic acids is 1. The van der Waals surface area contributed by atoms with Crippen LogP contribution in [0.1, 0.15) is 44.1 Å². The van der Waals surface area contributed by atoms with Crippen LogP contribution in [0.25, 0.3) is 11.1 Å². The number of carboxylic acids is 1. The molecule has 4 nitrogen and oxygen atoms in total. The molecule has 4 heteroatoms. The minimum Gasteiger partial charge on any atom is -0.493 e. The van der Waals surface area contributed by atoms with E-state index in [0.717, 1.165) is 35.3 Å². The maximum atomic E-state index is 10.8. The maximum Gasteiger partial charge on any atom is 0.303 e. The molecule has 134 valence electrons. The van der Waals surface area contributed by atoms with Crippen molar-refractivity contribution >= 4 is 5.97 Å². The first kappa shape index (κ1) is 19.0. The molecule has 0 bridgehead atoms. The van der Waals surface area contributed by atoms with E-state index < -0.39 is 5.97 Å². The van der Waals surface area contributed by atoms with Crippen LogP contribution in [-0.4, -0.2) is 29.4 Å². The highest BCUT2D eigenvalue weighted by atomic mass is 16.5. The lowest BCUT2D eigenvalue weighted by molar-refractivity contribution is -0.137. The van der Waals surface area contributed by atoms with Gasteiger partial charge < -0.3 is 14.9 Å². The summed E-state index contributed by atoms with van der Waals surface area (Å²) in [6, 6.07) is 16.1. The number of ether oxygens (including phenoxy) is 1. The van der Waals surface area contributed by atoms with Crippen molar-refractivity contribution in [2.45, 2.75) is 38.5 Å². The van der Waals surface area contributed by atoms with Gasteiger partial charge in [-0.3, -0.25) is 4.79 Å². The Bertz CT molecular complexity index is 667. The largest absolute Gasteiger partial charge is 0.493 e. The molecule has 2 aromatic rings. The van der Waals surface area contributed by atoms with E-state index in [4.69, 9.17) is 14.9 Å². The fraction of sp³-hybridized carbons (Fsp3) is 0.381. The number of unbranched alkanes of at least 4 members (excludes halogenated alkanes) is 1. The molecule has 0 saturated carbocycles. The molecule has 25 heavy (non-hydrogen) atoms. The molecule has 0 heterocycles. The van der Waals surface area contributed by atoms with Gasteiger partial charge in [-0.15, -0.1) is 0 Å². The summed E-state index contributed by atoms with van der Waals surface area (Å²) in [7, 11) is 0. The van der Waals surface area contributed by atoms with E-state index in [1.165, 1.54) is 0 Å².